The maximum absolute atomic E-state index is 12.2. The number of hydrogen-bond donors (Lipinski definition) is 1. The van der Waals surface area contributed by atoms with E-state index in [1.807, 2.05) is 5.10 Å². The first-order valence-electron chi connectivity index (χ1n) is 3.91. The molecule has 0 fully saturated rings. The van der Waals surface area contributed by atoms with Gasteiger partial charge in [0.25, 0.3) is 11.3 Å². The van der Waals surface area contributed by atoms with E-state index in [0.29, 0.717) is 10.2 Å². The highest BCUT2D eigenvalue weighted by Crippen LogP contribution is 2.25. The van der Waals surface area contributed by atoms with Crippen molar-refractivity contribution in [3.63, 3.8) is 0 Å². The van der Waals surface area contributed by atoms with Gasteiger partial charge in [0.2, 0.25) is 5.82 Å². The number of aromatic amines is 1. The average Bonchev–Trinajstić information content (AvgIpc) is 2.46. The van der Waals surface area contributed by atoms with Crippen LogP contribution in [0.1, 0.15) is 11.5 Å². The molecule has 0 saturated heterocycles. The van der Waals surface area contributed by atoms with E-state index in [9.17, 15) is 18.0 Å². The summed E-state index contributed by atoms with van der Waals surface area (Å²) < 4.78 is 37.3. The second-order valence-electron chi connectivity index (χ2n) is 2.94. The van der Waals surface area contributed by atoms with Crippen molar-refractivity contribution >= 4 is 5.78 Å². The molecule has 1 N–H and O–H groups in total. The summed E-state index contributed by atoms with van der Waals surface area (Å²) in [5.74, 6) is -1.52. The first-order valence-corrected chi connectivity index (χ1v) is 3.91. The number of hydrogen-bond acceptors (Lipinski definition) is 3. The largest absolute Gasteiger partial charge is 0.451 e. The standard InChI is InChI=1S/C7H5F3N4O/c1-3-2-4(15)14-6(11-3)12-5(13-14)7(8,9)10/h2H,1H3,(H,11,12,13). The van der Waals surface area contributed by atoms with E-state index in [2.05, 4.69) is 9.97 Å². The number of H-pyrrole nitrogens is 1. The zero-order valence-corrected chi connectivity index (χ0v) is 7.46. The summed E-state index contributed by atoms with van der Waals surface area (Å²) in [6, 6.07) is 1.12. The molecule has 80 valence electrons. The molecule has 0 aliphatic rings. The van der Waals surface area contributed by atoms with Gasteiger partial charge in [0.15, 0.2) is 0 Å². The predicted octanol–water partition coefficient (Wildman–Crippen LogP) is 0.745. The van der Waals surface area contributed by atoms with Gasteiger partial charge < -0.3 is 0 Å². The number of nitrogens with zero attached hydrogens (tertiary/aromatic N) is 3. The molecule has 0 aliphatic heterocycles. The molecule has 2 aromatic heterocycles. The van der Waals surface area contributed by atoms with Gasteiger partial charge in [-0.1, -0.05) is 0 Å². The van der Waals surface area contributed by atoms with E-state index in [1.165, 1.54) is 6.92 Å². The Balaban J connectivity index is 2.77. The molecule has 2 aromatic rings. The summed E-state index contributed by atoms with van der Waals surface area (Å²) in [7, 11) is 0. The minimum Gasteiger partial charge on any atom is -0.267 e. The minimum absolute atomic E-state index is 0.285. The van der Waals surface area contributed by atoms with Gasteiger partial charge in [0.1, 0.15) is 0 Å². The van der Waals surface area contributed by atoms with Crippen LogP contribution in [0.2, 0.25) is 0 Å². The molecule has 0 aromatic carbocycles. The van der Waals surface area contributed by atoms with E-state index < -0.39 is 17.6 Å². The SMILES string of the molecule is Cc1cc(=O)n2[nH]c(C(F)(F)F)nc2n1. The van der Waals surface area contributed by atoms with E-state index in [1.54, 1.807) is 0 Å². The lowest BCUT2D eigenvalue weighted by molar-refractivity contribution is -0.144. The van der Waals surface area contributed by atoms with Crippen LogP contribution in [0.25, 0.3) is 5.78 Å². The van der Waals surface area contributed by atoms with Gasteiger partial charge in [-0.2, -0.15) is 22.7 Å². The Labute approximate surface area is 80.6 Å². The number of aromatic nitrogens is 4. The second kappa shape index (κ2) is 2.81. The molecular formula is C7H5F3N4O. The van der Waals surface area contributed by atoms with E-state index in [4.69, 9.17) is 0 Å². The molecule has 2 rings (SSSR count). The van der Waals surface area contributed by atoms with Crippen LogP contribution in [0.3, 0.4) is 0 Å². The van der Waals surface area contributed by atoms with Gasteiger partial charge in [-0.3, -0.25) is 9.89 Å². The van der Waals surface area contributed by atoms with Crippen LogP contribution in [0, 0.1) is 6.92 Å². The van der Waals surface area contributed by atoms with Crippen LogP contribution in [-0.2, 0) is 6.18 Å². The Morgan fingerprint density at radius 2 is 2.07 bits per heavy atom. The van der Waals surface area contributed by atoms with Crippen LogP contribution in [0.15, 0.2) is 10.9 Å². The number of nitrogens with one attached hydrogen (secondary N) is 1. The van der Waals surface area contributed by atoms with Crippen molar-refractivity contribution < 1.29 is 13.2 Å². The van der Waals surface area contributed by atoms with E-state index >= 15 is 0 Å². The molecule has 0 bridgehead atoms. The van der Waals surface area contributed by atoms with Gasteiger partial charge in [-0.15, -0.1) is 0 Å². The van der Waals surface area contributed by atoms with Crippen LogP contribution < -0.4 is 5.56 Å². The fourth-order valence-electron chi connectivity index (χ4n) is 1.12. The summed E-state index contributed by atoms with van der Waals surface area (Å²) in [6.45, 7) is 1.50. The Morgan fingerprint density at radius 1 is 1.40 bits per heavy atom. The fraction of sp³-hybridized carbons (Fsp3) is 0.286. The summed E-state index contributed by atoms with van der Waals surface area (Å²) in [5.41, 5.74) is -0.305. The number of alkyl halides is 3. The number of halogens is 3. The maximum Gasteiger partial charge on any atom is 0.451 e. The zero-order valence-electron chi connectivity index (χ0n) is 7.46. The number of rotatable bonds is 0. The molecule has 0 unspecified atom stereocenters. The van der Waals surface area contributed by atoms with Crippen molar-refractivity contribution in [2.75, 3.05) is 0 Å². The third-order valence-corrected chi connectivity index (χ3v) is 1.73. The van der Waals surface area contributed by atoms with Gasteiger partial charge in [0, 0.05) is 11.8 Å². The monoisotopic (exact) mass is 218 g/mol. The van der Waals surface area contributed by atoms with Gasteiger partial charge in [-0.25, -0.2) is 4.98 Å². The molecule has 0 atom stereocenters. The Kier molecular flexibility index (Phi) is 1.82. The topological polar surface area (TPSA) is 63.0 Å². The lowest BCUT2D eigenvalue weighted by atomic mass is 10.5. The minimum atomic E-state index is -4.62. The van der Waals surface area contributed by atoms with Gasteiger partial charge >= 0.3 is 6.18 Å². The third-order valence-electron chi connectivity index (χ3n) is 1.73. The van der Waals surface area contributed by atoms with Crippen molar-refractivity contribution in [3.8, 4) is 0 Å². The van der Waals surface area contributed by atoms with Gasteiger partial charge in [0.05, 0.1) is 0 Å². The van der Waals surface area contributed by atoms with Gasteiger partial charge in [-0.05, 0) is 6.92 Å². The summed E-state index contributed by atoms with van der Waals surface area (Å²) in [6.07, 6.45) is -4.62. The highest BCUT2D eigenvalue weighted by atomic mass is 19.4. The molecule has 0 saturated carbocycles. The predicted molar refractivity (Wildman–Crippen MR) is 43.3 cm³/mol. The van der Waals surface area contributed by atoms with Crippen molar-refractivity contribution in [1.29, 1.82) is 0 Å². The van der Waals surface area contributed by atoms with Crippen molar-refractivity contribution in [3.05, 3.63) is 27.9 Å². The molecular weight excluding hydrogens is 213 g/mol. The third kappa shape index (κ3) is 1.58. The highest BCUT2D eigenvalue weighted by Gasteiger charge is 2.35. The smallest absolute Gasteiger partial charge is 0.267 e. The molecule has 15 heavy (non-hydrogen) atoms. The average molecular weight is 218 g/mol. The first kappa shape index (κ1) is 9.69. The Bertz CT molecular complexity index is 568. The number of aryl methyl sites for hydroxylation is 1. The zero-order chi connectivity index (χ0) is 11.2. The van der Waals surface area contributed by atoms with Crippen LogP contribution in [0.4, 0.5) is 13.2 Å². The van der Waals surface area contributed by atoms with Crippen molar-refractivity contribution in [2.24, 2.45) is 0 Å². The molecule has 2 heterocycles. The van der Waals surface area contributed by atoms with E-state index in [0.717, 1.165) is 6.07 Å². The molecule has 0 spiro atoms. The lowest BCUT2D eigenvalue weighted by Gasteiger charge is -1.98. The summed E-state index contributed by atoms with van der Waals surface area (Å²) >= 11 is 0. The van der Waals surface area contributed by atoms with Crippen molar-refractivity contribution in [1.82, 2.24) is 19.6 Å². The Hall–Kier alpha value is -1.86. The molecule has 8 heteroatoms. The molecule has 0 radical (unpaired) electrons. The molecule has 5 nitrogen and oxygen atoms in total. The van der Waals surface area contributed by atoms with Crippen LogP contribution in [0.5, 0.6) is 0 Å². The molecule has 0 amide bonds. The summed E-state index contributed by atoms with van der Waals surface area (Å²) in [4.78, 5) is 18.1. The first-order chi connectivity index (χ1) is 6.88. The fourth-order valence-corrected chi connectivity index (χ4v) is 1.12. The second-order valence-corrected chi connectivity index (χ2v) is 2.94. The number of fused-ring (bicyclic) bond motifs is 1. The normalized spacial score (nSPS) is 12.3. The van der Waals surface area contributed by atoms with Crippen molar-refractivity contribution in [2.45, 2.75) is 13.1 Å². The quantitative estimate of drug-likeness (QED) is 0.709. The van der Waals surface area contributed by atoms with Crippen LogP contribution in [-0.4, -0.2) is 19.6 Å². The Morgan fingerprint density at radius 3 is 2.67 bits per heavy atom. The lowest BCUT2D eigenvalue weighted by Crippen LogP contribution is -2.15. The maximum atomic E-state index is 12.2. The van der Waals surface area contributed by atoms with E-state index in [-0.39, 0.29) is 5.78 Å². The molecule has 0 aliphatic carbocycles. The van der Waals surface area contributed by atoms with Crippen LogP contribution >= 0.6 is 0 Å². The summed E-state index contributed by atoms with van der Waals surface area (Å²) in [5, 5.41) is 1.84. The highest BCUT2D eigenvalue weighted by molar-refractivity contribution is 5.28.